The van der Waals surface area contributed by atoms with Crippen molar-refractivity contribution in [3.8, 4) is 5.69 Å². The number of carbonyl (C=O) groups is 1. The van der Waals surface area contributed by atoms with Crippen molar-refractivity contribution in [1.82, 2.24) is 25.2 Å². The average molecular weight is 317 g/mol. The van der Waals surface area contributed by atoms with E-state index in [0.29, 0.717) is 16.4 Å². The number of hydrogen-bond acceptors (Lipinski definition) is 5. The topological polar surface area (TPSA) is 106 Å². The molecule has 1 amide bonds. The lowest BCUT2D eigenvalue weighted by Gasteiger charge is -2.05. The Hall–Kier alpha value is -3.00. The number of anilines is 1. The van der Waals surface area contributed by atoms with Gasteiger partial charge in [0.2, 0.25) is 0 Å². The number of pyridine rings is 1. The first-order chi connectivity index (χ1) is 10.6. The van der Waals surface area contributed by atoms with E-state index in [1.54, 1.807) is 30.3 Å². The smallest absolute Gasteiger partial charge is 0.321 e. The van der Waals surface area contributed by atoms with Crippen LogP contribution in [0.4, 0.5) is 5.69 Å². The molecule has 3 aromatic rings. The van der Waals surface area contributed by atoms with Gasteiger partial charge in [0.05, 0.1) is 10.7 Å². The van der Waals surface area contributed by atoms with Crippen LogP contribution >= 0.6 is 11.6 Å². The van der Waals surface area contributed by atoms with Crippen molar-refractivity contribution in [3.63, 3.8) is 0 Å². The highest BCUT2D eigenvalue weighted by Crippen LogP contribution is 2.13. The molecule has 0 aliphatic carbocycles. The minimum Gasteiger partial charge on any atom is -0.321 e. The van der Waals surface area contributed by atoms with E-state index in [1.165, 1.54) is 12.3 Å². The molecule has 9 heteroatoms. The third-order valence-electron chi connectivity index (χ3n) is 2.80. The standard InChI is InChI=1S/C13H9ClN6O2/c14-8-1-6-11(15-7-8)12(21)16-9-2-4-10(5-3-9)20-13(22)17-18-19-20/h1-7H,(H,16,21)(H,17,19,22). The molecule has 0 atom stereocenters. The molecule has 8 nitrogen and oxygen atoms in total. The van der Waals surface area contributed by atoms with Gasteiger partial charge in [-0.2, -0.15) is 4.68 Å². The molecule has 2 heterocycles. The summed E-state index contributed by atoms with van der Waals surface area (Å²) in [5, 5.41) is 12.4. The Labute approximate surface area is 128 Å². The summed E-state index contributed by atoms with van der Waals surface area (Å²) in [7, 11) is 0. The predicted octanol–water partition coefficient (Wildman–Crippen LogP) is 1.26. The molecule has 1 aromatic carbocycles. The number of aromatic amines is 1. The lowest BCUT2D eigenvalue weighted by atomic mass is 10.2. The van der Waals surface area contributed by atoms with Crippen LogP contribution in [-0.2, 0) is 0 Å². The van der Waals surface area contributed by atoms with Gasteiger partial charge in [-0.15, -0.1) is 0 Å². The van der Waals surface area contributed by atoms with E-state index in [2.05, 4.69) is 25.8 Å². The molecular weight excluding hydrogens is 308 g/mol. The van der Waals surface area contributed by atoms with Crippen LogP contribution in [0.5, 0.6) is 0 Å². The summed E-state index contributed by atoms with van der Waals surface area (Å²) >= 11 is 5.72. The minimum absolute atomic E-state index is 0.251. The number of nitrogens with zero attached hydrogens (tertiary/aromatic N) is 4. The monoisotopic (exact) mass is 316 g/mol. The number of tetrazole rings is 1. The van der Waals surface area contributed by atoms with Gasteiger partial charge in [0, 0.05) is 11.9 Å². The fourth-order valence-corrected chi connectivity index (χ4v) is 1.87. The zero-order valence-electron chi connectivity index (χ0n) is 11.0. The highest BCUT2D eigenvalue weighted by Gasteiger charge is 2.08. The van der Waals surface area contributed by atoms with Gasteiger partial charge in [0.15, 0.2) is 0 Å². The van der Waals surface area contributed by atoms with E-state index in [9.17, 15) is 9.59 Å². The number of hydrogen-bond donors (Lipinski definition) is 2. The largest absolute Gasteiger partial charge is 0.365 e. The highest BCUT2D eigenvalue weighted by molar-refractivity contribution is 6.30. The van der Waals surface area contributed by atoms with E-state index in [0.717, 1.165) is 4.68 Å². The summed E-state index contributed by atoms with van der Waals surface area (Å²) < 4.78 is 1.10. The van der Waals surface area contributed by atoms with Crippen LogP contribution in [0.1, 0.15) is 10.5 Å². The average Bonchev–Trinajstić information content (AvgIpc) is 2.95. The molecule has 0 saturated carbocycles. The maximum atomic E-state index is 12.0. The first-order valence-electron chi connectivity index (χ1n) is 6.17. The molecule has 0 saturated heterocycles. The third kappa shape index (κ3) is 2.86. The second-order valence-corrected chi connectivity index (χ2v) is 4.72. The van der Waals surface area contributed by atoms with Crippen LogP contribution in [0.2, 0.25) is 5.02 Å². The maximum Gasteiger partial charge on any atom is 0.365 e. The lowest BCUT2D eigenvalue weighted by molar-refractivity contribution is 0.102. The van der Waals surface area contributed by atoms with E-state index in [4.69, 9.17) is 11.6 Å². The Morgan fingerprint density at radius 3 is 2.55 bits per heavy atom. The molecule has 2 N–H and O–H groups in total. The molecular formula is C13H9ClN6O2. The van der Waals surface area contributed by atoms with Crippen molar-refractivity contribution in [1.29, 1.82) is 0 Å². The summed E-state index contributed by atoms with van der Waals surface area (Å²) in [5.74, 6) is -0.358. The zero-order valence-corrected chi connectivity index (χ0v) is 11.8. The Kier molecular flexibility index (Phi) is 3.67. The molecule has 22 heavy (non-hydrogen) atoms. The van der Waals surface area contributed by atoms with Crippen LogP contribution in [-0.4, -0.2) is 31.1 Å². The summed E-state index contributed by atoms with van der Waals surface area (Å²) in [6, 6.07) is 9.67. The summed E-state index contributed by atoms with van der Waals surface area (Å²) in [6.07, 6.45) is 1.40. The third-order valence-corrected chi connectivity index (χ3v) is 3.03. The zero-order chi connectivity index (χ0) is 15.5. The number of rotatable bonds is 3. The molecule has 0 fully saturated rings. The van der Waals surface area contributed by atoms with E-state index in [1.807, 2.05) is 0 Å². The minimum atomic E-state index is -0.442. The van der Waals surface area contributed by atoms with Crippen LogP contribution in [0.25, 0.3) is 5.69 Å². The van der Waals surface area contributed by atoms with Crippen molar-refractivity contribution < 1.29 is 4.79 Å². The number of halogens is 1. The number of amides is 1. The lowest BCUT2D eigenvalue weighted by Crippen LogP contribution is -2.16. The van der Waals surface area contributed by atoms with E-state index >= 15 is 0 Å². The molecule has 0 bridgehead atoms. The molecule has 0 aliphatic heterocycles. The number of H-pyrrole nitrogens is 1. The second kappa shape index (κ2) is 5.78. The van der Waals surface area contributed by atoms with Gasteiger partial charge in [-0.3, -0.25) is 4.79 Å². The second-order valence-electron chi connectivity index (χ2n) is 4.28. The summed E-state index contributed by atoms with van der Waals surface area (Å²) in [5.41, 5.74) is 0.895. The van der Waals surface area contributed by atoms with Gasteiger partial charge in [0.25, 0.3) is 5.91 Å². The molecule has 0 aliphatic rings. The van der Waals surface area contributed by atoms with Crippen LogP contribution in [0.15, 0.2) is 47.4 Å². The maximum absolute atomic E-state index is 12.0. The Morgan fingerprint density at radius 1 is 1.18 bits per heavy atom. The Bertz CT molecular complexity index is 853. The van der Waals surface area contributed by atoms with Gasteiger partial charge < -0.3 is 5.32 Å². The molecule has 110 valence electrons. The molecule has 0 radical (unpaired) electrons. The van der Waals surface area contributed by atoms with Gasteiger partial charge in [-0.1, -0.05) is 11.6 Å². The molecule has 0 unspecified atom stereocenters. The predicted molar refractivity (Wildman–Crippen MR) is 79.2 cm³/mol. The van der Waals surface area contributed by atoms with Crippen LogP contribution in [0.3, 0.4) is 0 Å². The van der Waals surface area contributed by atoms with Gasteiger partial charge in [0.1, 0.15) is 5.69 Å². The van der Waals surface area contributed by atoms with Crippen molar-refractivity contribution >= 4 is 23.2 Å². The fraction of sp³-hybridized carbons (Fsp3) is 0. The summed E-state index contributed by atoms with van der Waals surface area (Å²) in [6.45, 7) is 0. The fourth-order valence-electron chi connectivity index (χ4n) is 1.76. The van der Waals surface area contributed by atoms with Crippen LogP contribution in [0, 0.1) is 0 Å². The van der Waals surface area contributed by atoms with Gasteiger partial charge >= 0.3 is 5.69 Å². The van der Waals surface area contributed by atoms with E-state index in [-0.39, 0.29) is 11.6 Å². The van der Waals surface area contributed by atoms with Crippen LogP contribution < -0.4 is 11.0 Å². The Morgan fingerprint density at radius 2 is 1.95 bits per heavy atom. The number of benzene rings is 1. The first-order valence-corrected chi connectivity index (χ1v) is 6.55. The van der Waals surface area contributed by atoms with Crippen molar-refractivity contribution in [2.24, 2.45) is 0 Å². The number of nitrogens with one attached hydrogen (secondary N) is 2. The normalized spacial score (nSPS) is 10.4. The first kappa shape index (κ1) is 14.0. The molecule has 3 rings (SSSR count). The molecule has 2 aromatic heterocycles. The number of carbonyl (C=O) groups excluding carboxylic acids is 1. The van der Waals surface area contributed by atoms with Gasteiger partial charge in [-0.25, -0.2) is 14.9 Å². The van der Waals surface area contributed by atoms with Crippen molar-refractivity contribution in [2.75, 3.05) is 5.32 Å². The SMILES string of the molecule is O=C(Nc1ccc(-n2nn[nH]c2=O)cc1)c1ccc(Cl)cn1. The van der Waals surface area contributed by atoms with E-state index < -0.39 is 5.69 Å². The summed E-state index contributed by atoms with van der Waals surface area (Å²) in [4.78, 5) is 27.3. The van der Waals surface area contributed by atoms with Crippen molar-refractivity contribution in [3.05, 3.63) is 63.8 Å². The highest BCUT2D eigenvalue weighted by atomic mass is 35.5. The Balaban J connectivity index is 1.76. The number of aromatic nitrogens is 5. The molecule has 0 spiro atoms. The van der Waals surface area contributed by atoms with Gasteiger partial charge in [-0.05, 0) is 46.8 Å². The quantitative estimate of drug-likeness (QED) is 0.756. The van der Waals surface area contributed by atoms with Crippen molar-refractivity contribution in [2.45, 2.75) is 0 Å².